The topological polar surface area (TPSA) is 63.7 Å². The predicted octanol–water partition coefficient (Wildman–Crippen LogP) is 4.37. The molecule has 0 saturated heterocycles. The van der Waals surface area contributed by atoms with Gasteiger partial charge in [-0.25, -0.2) is 0 Å². The summed E-state index contributed by atoms with van der Waals surface area (Å²) in [7, 11) is -3.59. The molecule has 0 heterocycles. The highest BCUT2D eigenvalue weighted by molar-refractivity contribution is 7.87. The van der Waals surface area contributed by atoms with Gasteiger partial charge >= 0.3 is 10.1 Å². The number of amides is 1. The maximum Gasteiger partial charge on any atom is 0.308 e. The molecule has 1 amide bonds. The van der Waals surface area contributed by atoms with E-state index in [1.165, 1.54) is 6.92 Å². The number of rotatable bonds is 8. The first-order chi connectivity index (χ1) is 12.7. The van der Waals surface area contributed by atoms with Gasteiger partial charge in [-0.1, -0.05) is 37.6 Å². The summed E-state index contributed by atoms with van der Waals surface area (Å²) in [4.78, 5) is 14.6. The SMILES string of the molecule is CCS(=O)(=O)Oc1cccc(CN(CC(C)C)C(=O)c2ccc(Cl)cc2)c1. The zero-order chi connectivity index (χ0) is 20.0. The lowest BCUT2D eigenvalue weighted by atomic mass is 10.1. The molecule has 146 valence electrons. The van der Waals surface area contributed by atoms with Crippen molar-refractivity contribution in [1.82, 2.24) is 4.90 Å². The number of carbonyl (C=O) groups is 1. The van der Waals surface area contributed by atoms with E-state index in [9.17, 15) is 13.2 Å². The van der Waals surface area contributed by atoms with Crippen LogP contribution in [0.4, 0.5) is 0 Å². The van der Waals surface area contributed by atoms with Gasteiger partial charge in [-0.15, -0.1) is 0 Å². The van der Waals surface area contributed by atoms with Crippen molar-refractivity contribution in [2.75, 3.05) is 12.3 Å². The molecule has 0 saturated carbocycles. The van der Waals surface area contributed by atoms with Crippen molar-refractivity contribution in [3.05, 3.63) is 64.7 Å². The molecule has 0 unspecified atom stereocenters. The number of nitrogens with zero attached hydrogens (tertiary/aromatic N) is 1. The quantitative estimate of drug-likeness (QED) is 0.607. The van der Waals surface area contributed by atoms with Crippen molar-refractivity contribution >= 4 is 27.6 Å². The second kappa shape index (κ2) is 9.24. The van der Waals surface area contributed by atoms with E-state index in [1.807, 2.05) is 19.9 Å². The van der Waals surface area contributed by atoms with E-state index in [4.69, 9.17) is 15.8 Å². The molecule has 0 spiro atoms. The summed E-state index contributed by atoms with van der Waals surface area (Å²) in [6, 6.07) is 13.6. The molecule has 2 rings (SSSR count). The minimum atomic E-state index is -3.59. The van der Waals surface area contributed by atoms with Crippen LogP contribution in [-0.2, 0) is 16.7 Å². The maximum absolute atomic E-state index is 12.9. The molecule has 7 heteroatoms. The Balaban J connectivity index is 2.23. The second-order valence-corrected chi connectivity index (χ2v) is 8.96. The molecule has 0 aliphatic rings. The van der Waals surface area contributed by atoms with E-state index in [0.29, 0.717) is 23.7 Å². The van der Waals surface area contributed by atoms with Gasteiger partial charge in [0.05, 0.1) is 5.75 Å². The molecule has 2 aromatic carbocycles. The largest absolute Gasteiger partial charge is 0.382 e. The highest BCUT2D eigenvalue weighted by atomic mass is 35.5. The van der Waals surface area contributed by atoms with Crippen molar-refractivity contribution < 1.29 is 17.4 Å². The molecular weight excluding hydrogens is 386 g/mol. The van der Waals surface area contributed by atoms with Crippen molar-refractivity contribution in [2.24, 2.45) is 5.92 Å². The van der Waals surface area contributed by atoms with Gasteiger partial charge in [-0.3, -0.25) is 4.79 Å². The minimum absolute atomic E-state index is 0.104. The van der Waals surface area contributed by atoms with E-state index in [0.717, 1.165) is 5.56 Å². The highest BCUT2D eigenvalue weighted by Gasteiger charge is 2.18. The lowest BCUT2D eigenvalue weighted by molar-refractivity contribution is 0.0722. The monoisotopic (exact) mass is 409 g/mol. The summed E-state index contributed by atoms with van der Waals surface area (Å²) >= 11 is 5.90. The van der Waals surface area contributed by atoms with Gasteiger partial charge in [0, 0.05) is 23.7 Å². The fourth-order valence-corrected chi connectivity index (χ4v) is 3.20. The summed E-state index contributed by atoms with van der Waals surface area (Å²) < 4.78 is 28.4. The number of halogens is 1. The van der Waals surface area contributed by atoms with Crippen LogP contribution in [0.5, 0.6) is 5.75 Å². The smallest absolute Gasteiger partial charge is 0.308 e. The summed E-state index contributed by atoms with van der Waals surface area (Å²) in [5.74, 6) is 0.318. The van der Waals surface area contributed by atoms with Crippen LogP contribution in [0.2, 0.25) is 5.02 Å². The van der Waals surface area contributed by atoms with Crippen molar-refractivity contribution in [3.63, 3.8) is 0 Å². The molecule has 2 aromatic rings. The Kier molecular flexibility index (Phi) is 7.27. The molecule has 0 N–H and O–H groups in total. The van der Waals surface area contributed by atoms with E-state index in [2.05, 4.69) is 0 Å². The van der Waals surface area contributed by atoms with Crippen LogP contribution in [0, 0.1) is 5.92 Å². The first-order valence-electron chi connectivity index (χ1n) is 8.76. The van der Waals surface area contributed by atoms with Crippen molar-refractivity contribution in [2.45, 2.75) is 27.3 Å². The lowest BCUT2D eigenvalue weighted by Gasteiger charge is -2.25. The average molecular weight is 410 g/mol. The minimum Gasteiger partial charge on any atom is -0.382 e. The van der Waals surface area contributed by atoms with Gasteiger partial charge in [0.2, 0.25) is 0 Å². The van der Waals surface area contributed by atoms with E-state index in [1.54, 1.807) is 47.4 Å². The highest BCUT2D eigenvalue weighted by Crippen LogP contribution is 2.19. The Labute approximate surface area is 166 Å². The zero-order valence-electron chi connectivity index (χ0n) is 15.7. The molecule has 0 fully saturated rings. The second-order valence-electron chi connectivity index (χ2n) is 6.66. The molecule has 0 aromatic heterocycles. The van der Waals surface area contributed by atoms with Crippen molar-refractivity contribution in [1.29, 1.82) is 0 Å². The Bertz CT molecular complexity index is 879. The fraction of sp³-hybridized carbons (Fsp3) is 0.350. The average Bonchev–Trinajstić information content (AvgIpc) is 2.61. The number of benzene rings is 2. The molecular formula is C20H24ClNO4S. The van der Waals surface area contributed by atoms with Crippen LogP contribution in [0.25, 0.3) is 0 Å². The molecule has 0 atom stereocenters. The maximum atomic E-state index is 12.9. The first-order valence-corrected chi connectivity index (χ1v) is 10.7. The number of hydrogen-bond donors (Lipinski definition) is 0. The molecule has 0 aliphatic carbocycles. The molecule has 0 bridgehead atoms. The van der Waals surface area contributed by atoms with Gasteiger partial charge in [-0.2, -0.15) is 8.42 Å². The van der Waals surface area contributed by atoms with Gasteiger partial charge in [0.25, 0.3) is 5.91 Å². The molecule has 0 radical (unpaired) electrons. The Morgan fingerprint density at radius 2 is 1.81 bits per heavy atom. The van der Waals surface area contributed by atoms with Crippen LogP contribution in [0.15, 0.2) is 48.5 Å². The molecule has 0 aliphatic heterocycles. The zero-order valence-corrected chi connectivity index (χ0v) is 17.3. The third kappa shape index (κ3) is 6.56. The summed E-state index contributed by atoms with van der Waals surface area (Å²) in [6.45, 7) is 6.52. The van der Waals surface area contributed by atoms with Crippen LogP contribution in [0.1, 0.15) is 36.7 Å². The summed E-state index contributed by atoms with van der Waals surface area (Å²) in [5.41, 5.74) is 1.35. The van der Waals surface area contributed by atoms with Crippen molar-refractivity contribution in [3.8, 4) is 5.75 Å². The fourth-order valence-electron chi connectivity index (χ4n) is 2.56. The van der Waals surface area contributed by atoms with Gasteiger partial charge in [0.15, 0.2) is 0 Å². The normalized spacial score (nSPS) is 11.4. The van der Waals surface area contributed by atoms with Crippen LogP contribution >= 0.6 is 11.6 Å². The van der Waals surface area contributed by atoms with E-state index >= 15 is 0 Å². The van der Waals surface area contributed by atoms with Crippen LogP contribution < -0.4 is 4.18 Å². The number of hydrogen-bond acceptors (Lipinski definition) is 4. The lowest BCUT2D eigenvalue weighted by Crippen LogP contribution is -2.33. The van der Waals surface area contributed by atoms with Crippen LogP contribution in [-0.4, -0.2) is 31.5 Å². The van der Waals surface area contributed by atoms with Gasteiger partial charge < -0.3 is 9.08 Å². The molecule has 5 nitrogen and oxygen atoms in total. The van der Waals surface area contributed by atoms with E-state index in [-0.39, 0.29) is 23.3 Å². The Hall–Kier alpha value is -2.05. The van der Waals surface area contributed by atoms with Crippen LogP contribution in [0.3, 0.4) is 0 Å². The third-order valence-corrected chi connectivity index (χ3v) is 5.22. The summed E-state index contributed by atoms with van der Waals surface area (Å²) in [5, 5.41) is 0.573. The Morgan fingerprint density at radius 3 is 2.41 bits per heavy atom. The number of carbonyl (C=O) groups excluding carboxylic acids is 1. The first kappa shape index (κ1) is 21.3. The van der Waals surface area contributed by atoms with Gasteiger partial charge in [0.1, 0.15) is 5.75 Å². The standard InChI is InChI=1S/C20H24ClNO4S/c1-4-27(24,25)26-19-7-5-6-16(12-19)14-22(13-15(2)3)20(23)17-8-10-18(21)11-9-17/h5-12,15H,4,13-14H2,1-3H3. The molecule has 27 heavy (non-hydrogen) atoms. The summed E-state index contributed by atoms with van der Waals surface area (Å²) in [6.07, 6.45) is 0. The van der Waals surface area contributed by atoms with Gasteiger partial charge in [-0.05, 0) is 54.8 Å². The third-order valence-electron chi connectivity index (χ3n) is 3.81. The van der Waals surface area contributed by atoms with E-state index < -0.39 is 10.1 Å². The Morgan fingerprint density at radius 1 is 1.15 bits per heavy atom. The predicted molar refractivity (Wildman–Crippen MR) is 108 cm³/mol.